The van der Waals surface area contributed by atoms with Crippen LogP contribution in [0.1, 0.15) is 11.4 Å². The molecular formula is C14H13ClN4S. The molecule has 1 aromatic carbocycles. The summed E-state index contributed by atoms with van der Waals surface area (Å²) in [6.07, 6.45) is 2.06. The molecule has 0 spiro atoms. The predicted molar refractivity (Wildman–Crippen MR) is 82.5 cm³/mol. The number of hydrogen-bond acceptors (Lipinski definition) is 4. The Kier molecular flexibility index (Phi) is 3.40. The Hall–Kier alpha value is -1.59. The summed E-state index contributed by atoms with van der Waals surface area (Å²) in [6.45, 7) is 3.93. The first-order chi connectivity index (χ1) is 9.61. The second-order valence-corrected chi connectivity index (χ2v) is 5.72. The summed E-state index contributed by atoms with van der Waals surface area (Å²) in [4.78, 5) is 5.49. The highest BCUT2D eigenvalue weighted by Gasteiger charge is 2.15. The lowest BCUT2D eigenvalue weighted by Crippen LogP contribution is -2.00. The molecule has 0 fully saturated rings. The minimum atomic E-state index is 0.382. The first-order valence-corrected chi connectivity index (χ1v) is 7.74. The molecule has 0 aliphatic carbocycles. The van der Waals surface area contributed by atoms with E-state index < -0.39 is 0 Å². The van der Waals surface area contributed by atoms with E-state index in [1.54, 1.807) is 11.8 Å². The van der Waals surface area contributed by atoms with Gasteiger partial charge < -0.3 is 0 Å². The third kappa shape index (κ3) is 2.07. The van der Waals surface area contributed by atoms with E-state index in [4.69, 9.17) is 11.6 Å². The van der Waals surface area contributed by atoms with E-state index >= 15 is 0 Å². The van der Waals surface area contributed by atoms with Crippen molar-refractivity contribution in [2.24, 2.45) is 0 Å². The number of thioether (sulfide) groups is 1. The molecule has 0 amide bonds. The van der Waals surface area contributed by atoms with Crippen LogP contribution in [0.25, 0.3) is 17.0 Å². The van der Waals surface area contributed by atoms with Crippen molar-refractivity contribution < 1.29 is 0 Å². The summed E-state index contributed by atoms with van der Waals surface area (Å²) in [5, 5.41) is 8.80. The van der Waals surface area contributed by atoms with Gasteiger partial charge in [0.2, 0.25) is 0 Å². The van der Waals surface area contributed by atoms with Gasteiger partial charge in [-0.25, -0.2) is 4.98 Å². The summed E-state index contributed by atoms with van der Waals surface area (Å²) < 4.78 is 1.96. The third-order valence-corrected chi connectivity index (χ3v) is 4.32. The molecule has 0 N–H and O–H groups in total. The van der Waals surface area contributed by atoms with Crippen LogP contribution in [-0.2, 0) is 0 Å². The summed E-state index contributed by atoms with van der Waals surface area (Å²) in [5.74, 6) is 0.789. The van der Waals surface area contributed by atoms with Crippen molar-refractivity contribution in [3.8, 4) is 11.4 Å². The van der Waals surface area contributed by atoms with Gasteiger partial charge in [0.1, 0.15) is 0 Å². The highest BCUT2D eigenvalue weighted by atomic mass is 35.5. The average Bonchev–Trinajstić information content (AvgIpc) is 2.90. The van der Waals surface area contributed by atoms with Crippen molar-refractivity contribution in [3.63, 3.8) is 0 Å². The summed E-state index contributed by atoms with van der Waals surface area (Å²) in [6, 6.07) is 8.24. The van der Waals surface area contributed by atoms with Gasteiger partial charge >= 0.3 is 0 Å². The number of halogens is 1. The van der Waals surface area contributed by atoms with E-state index in [0.29, 0.717) is 10.8 Å². The summed E-state index contributed by atoms with van der Waals surface area (Å²) in [7, 11) is 0. The normalized spacial score (nSPS) is 11.2. The molecule has 0 atom stereocenters. The molecule has 0 aliphatic heterocycles. The third-order valence-electron chi connectivity index (χ3n) is 3.32. The minimum Gasteiger partial charge on any atom is -0.275 e. The van der Waals surface area contributed by atoms with Gasteiger partial charge in [0, 0.05) is 16.2 Å². The van der Waals surface area contributed by atoms with Crippen LogP contribution in [0.2, 0.25) is 5.15 Å². The molecule has 0 bridgehead atoms. The molecule has 2 heterocycles. The second kappa shape index (κ2) is 5.07. The van der Waals surface area contributed by atoms with Gasteiger partial charge in [-0.1, -0.05) is 23.7 Å². The maximum Gasteiger partial charge on any atom is 0.199 e. The monoisotopic (exact) mass is 304 g/mol. The topological polar surface area (TPSA) is 43.1 Å². The minimum absolute atomic E-state index is 0.382. The van der Waals surface area contributed by atoms with Gasteiger partial charge in [-0.2, -0.15) is 0 Å². The van der Waals surface area contributed by atoms with Crippen molar-refractivity contribution in [2.75, 3.05) is 6.26 Å². The maximum atomic E-state index is 6.14. The fraction of sp³-hybridized carbons (Fsp3) is 0.214. The Labute approximate surface area is 126 Å². The number of fused-ring (bicyclic) bond motifs is 1. The molecule has 102 valence electrons. The molecule has 0 saturated carbocycles. The summed E-state index contributed by atoms with van der Waals surface area (Å²) >= 11 is 7.86. The van der Waals surface area contributed by atoms with Gasteiger partial charge in [0.15, 0.2) is 16.6 Å². The van der Waals surface area contributed by atoms with Crippen LogP contribution in [0.5, 0.6) is 0 Å². The molecule has 6 heteroatoms. The van der Waals surface area contributed by atoms with Crippen LogP contribution < -0.4 is 0 Å². The quantitative estimate of drug-likeness (QED) is 0.676. The number of nitrogens with zero attached hydrogens (tertiary/aromatic N) is 4. The molecule has 0 saturated heterocycles. The van der Waals surface area contributed by atoms with E-state index in [1.165, 1.54) is 4.90 Å². The van der Waals surface area contributed by atoms with Crippen LogP contribution in [0.3, 0.4) is 0 Å². The summed E-state index contributed by atoms with van der Waals surface area (Å²) in [5.41, 5.74) is 3.49. The van der Waals surface area contributed by atoms with Gasteiger partial charge in [-0.15, -0.1) is 22.0 Å². The second-order valence-electron chi connectivity index (χ2n) is 4.48. The highest BCUT2D eigenvalue weighted by molar-refractivity contribution is 7.98. The molecule has 0 radical (unpaired) electrons. The molecule has 2 aromatic heterocycles. The van der Waals surface area contributed by atoms with Crippen LogP contribution in [0.4, 0.5) is 0 Å². The number of aromatic nitrogens is 4. The Morgan fingerprint density at radius 1 is 1.10 bits per heavy atom. The van der Waals surface area contributed by atoms with Gasteiger partial charge in [-0.05, 0) is 32.2 Å². The van der Waals surface area contributed by atoms with E-state index in [9.17, 15) is 0 Å². The van der Waals surface area contributed by atoms with Crippen molar-refractivity contribution in [1.82, 2.24) is 19.6 Å². The number of rotatable bonds is 2. The van der Waals surface area contributed by atoms with Crippen molar-refractivity contribution in [1.29, 1.82) is 0 Å². The van der Waals surface area contributed by atoms with E-state index in [1.807, 2.05) is 30.4 Å². The lowest BCUT2D eigenvalue weighted by Gasteiger charge is -2.07. The Morgan fingerprint density at radius 2 is 1.80 bits per heavy atom. The number of aryl methyl sites for hydroxylation is 2. The molecule has 3 aromatic rings. The maximum absolute atomic E-state index is 6.14. The first kappa shape index (κ1) is 13.4. The lowest BCUT2D eigenvalue weighted by molar-refractivity contribution is 1.000. The highest BCUT2D eigenvalue weighted by Crippen LogP contribution is 2.26. The van der Waals surface area contributed by atoms with Crippen LogP contribution >= 0.6 is 23.4 Å². The van der Waals surface area contributed by atoms with Gasteiger partial charge in [0.25, 0.3) is 0 Å². The van der Waals surface area contributed by atoms with Crippen LogP contribution in [0.15, 0.2) is 29.2 Å². The molecule has 4 nitrogen and oxygen atoms in total. The number of hydrogen-bond donors (Lipinski definition) is 0. The first-order valence-electron chi connectivity index (χ1n) is 6.14. The molecule has 3 rings (SSSR count). The van der Waals surface area contributed by atoms with Crippen LogP contribution in [0, 0.1) is 13.8 Å². The Morgan fingerprint density at radius 3 is 2.45 bits per heavy atom. The lowest BCUT2D eigenvalue weighted by atomic mass is 10.2. The van der Waals surface area contributed by atoms with Crippen LogP contribution in [-0.4, -0.2) is 25.8 Å². The fourth-order valence-electron chi connectivity index (χ4n) is 2.10. The van der Waals surface area contributed by atoms with Gasteiger partial charge in [0.05, 0.1) is 5.69 Å². The smallest absolute Gasteiger partial charge is 0.199 e. The zero-order chi connectivity index (χ0) is 14.3. The zero-order valence-corrected chi connectivity index (χ0v) is 13.0. The Bertz CT molecular complexity index is 780. The van der Waals surface area contributed by atoms with Crippen molar-refractivity contribution >= 4 is 29.0 Å². The number of benzene rings is 1. The van der Waals surface area contributed by atoms with Gasteiger partial charge in [-0.3, -0.25) is 4.40 Å². The van der Waals surface area contributed by atoms with E-state index in [0.717, 1.165) is 22.8 Å². The average molecular weight is 305 g/mol. The zero-order valence-electron chi connectivity index (χ0n) is 11.4. The van der Waals surface area contributed by atoms with E-state index in [2.05, 4.69) is 33.6 Å². The molecular weight excluding hydrogens is 292 g/mol. The predicted octanol–water partition coefficient (Wildman–Crippen LogP) is 3.78. The van der Waals surface area contributed by atoms with E-state index in [-0.39, 0.29) is 0 Å². The molecule has 0 unspecified atom stereocenters. The standard InChI is InChI=1S/C14H13ClN4S/c1-8-9(2)19-13(17-18-14(19)12(15)16-8)10-4-6-11(20-3)7-5-10/h4-7H,1-3H3. The Balaban J connectivity index is 2.26. The molecule has 0 aliphatic rings. The van der Waals surface area contributed by atoms with Crippen molar-refractivity contribution in [3.05, 3.63) is 40.8 Å². The van der Waals surface area contributed by atoms with Crippen molar-refractivity contribution in [2.45, 2.75) is 18.7 Å². The molecule has 20 heavy (non-hydrogen) atoms. The largest absolute Gasteiger partial charge is 0.275 e. The fourth-order valence-corrected chi connectivity index (χ4v) is 2.76. The SMILES string of the molecule is CSc1ccc(-c2nnc3c(Cl)nc(C)c(C)n23)cc1.